The zero-order valence-electron chi connectivity index (χ0n) is 23.2. The number of hydrogen-bond acceptors (Lipinski definition) is 6. The van der Waals surface area contributed by atoms with Gasteiger partial charge in [0, 0.05) is 4.75 Å². The molecule has 0 aromatic rings. The Kier molecular flexibility index (Phi) is 9.54. The summed E-state index contributed by atoms with van der Waals surface area (Å²) >= 11 is 1.38. The molecule has 2 N–H and O–H groups in total. The van der Waals surface area contributed by atoms with E-state index in [-0.39, 0.29) is 47.0 Å². The van der Waals surface area contributed by atoms with E-state index in [4.69, 9.17) is 0 Å². The number of quaternary nitrogens is 1. The first kappa shape index (κ1) is 30.5. The van der Waals surface area contributed by atoms with Crippen LogP contribution < -0.4 is 10.6 Å². The average Bonchev–Trinajstić information content (AvgIpc) is 2.84. The summed E-state index contributed by atoms with van der Waals surface area (Å²) in [6, 6.07) is -0.749. The van der Waals surface area contributed by atoms with Crippen molar-refractivity contribution >= 4 is 35.3 Å². The van der Waals surface area contributed by atoms with Crippen LogP contribution in [0.25, 0.3) is 0 Å². The summed E-state index contributed by atoms with van der Waals surface area (Å²) < 4.78 is -0.943. The van der Waals surface area contributed by atoms with E-state index >= 15 is 0 Å². The number of rotatable bonds is 11. The molecule has 1 rings (SSSR count). The van der Waals surface area contributed by atoms with E-state index in [0.717, 1.165) is 5.57 Å². The fourth-order valence-electron chi connectivity index (χ4n) is 5.16. The van der Waals surface area contributed by atoms with E-state index in [9.17, 15) is 19.2 Å². The summed E-state index contributed by atoms with van der Waals surface area (Å²) in [6.07, 6.45) is 2.09. The minimum atomic E-state index is -0.954. The summed E-state index contributed by atoms with van der Waals surface area (Å²) in [5.74, 6) is -0.558. The van der Waals surface area contributed by atoms with Crippen LogP contribution in [-0.2, 0) is 19.2 Å². The molecule has 3 amide bonds. The molecule has 34 heavy (non-hydrogen) atoms. The molecule has 7 nitrogen and oxygen atoms in total. The summed E-state index contributed by atoms with van der Waals surface area (Å²) in [7, 11) is 1.72. The molecule has 1 fully saturated rings. The zero-order valence-corrected chi connectivity index (χ0v) is 24.0. The number of allylic oxidation sites excluding steroid dienone is 1. The highest BCUT2D eigenvalue weighted by atomic mass is 32.2. The van der Waals surface area contributed by atoms with Crippen molar-refractivity contribution in [2.45, 2.75) is 110 Å². The van der Waals surface area contributed by atoms with Crippen LogP contribution in [0.1, 0.15) is 82.6 Å². The number of carbonyl (C=O) groups excluding carboxylic acids is 4. The standard InChI is InChI=1S/C26H45N3O4S/c1-16(2)14-25(8,9)28-23(33)24(6,7)15-29(17(3)4)20(31)13-19(22(29)32)34-26(10,11)21(27-12)18(5)30/h14,17,19,21,27H,13,15H2,1-12H3/p+1. The Labute approximate surface area is 210 Å². The van der Waals surface area contributed by atoms with E-state index in [1.165, 1.54) is 18.7 Å². The lowest BCUT2D eigenvalue weighted by Gasteiger charge is -2.40. The molecule has 0 spiro atoms. The maximum absolute atomic E-state index is 13.9. The van der Waals surface area contributed by atoms with Gasteiger partial charge in [0.25, 0.3) is 0 Å². The number of hydrogen-bond donors (Lipinski definition) is 2. The van der Waals surface area contributed by atoms with Gasteiger partial charge in [-0.3, -0.25) is 9.59 Å². The Bertz CT molecular complexity index is 856. The monoisotopic (exact) mass is 496 g/mol. The van der Waals surface area contributed by atoms with E-state index in [1.807, 2.05) is 61.5 Å². The summed E-state index contributed by atoms with van der Waals surface area (Å²) in [5.41, 5.74) is -0.414. The maximum atomic E-state index is 13.9. The van der Waals surface area contributed by atoms with Crippen LogP contribution in [-0.4, -0.2) is 69.2 Å². The van der Waals surface area contributed by atoms with Crippen LogP contribution in [0, 0.1) is 5.41 Å². The van der Waals surface area contributed by atoms with Gasteiger partial charge in [-0.2, -0.15) is 4.48 Å². The van der Waals surface area contributed by atoms with Crippen molar-refractivity contribution in [3.05, 3.63) is 11.6 Å². The second-order valence-corrected chi connectivity index (χ2v) is 13.7. The van der Waals surface area contributed by atoms with Crippen molar-refractivity contribution in [1.29, 1.82) is 0 Å². The molecular formula is C26H46N3O4S+. The van der Waals surface area contributed by atoms with Gasteiger partial charge in [0.2, 0.25) is 5.91 Å². The molecule has 0 aliphatic carbocycles. The van der Waals surface area contributed by atoms with Crippen molar-refractivity contribution in [3.8, 4) is 0 Å². The number of nitrogens with one attached hydrogen (secondary N) is 2. The summed E-state index contributed by atoms with van der Waals surface area (Å²) in [5, 5.41) is 5.55. The zero-order chi connectivity index (χ0) is 26.9. The van der Waals surface area contributed by atoms with Crippen molar-refractivity contribution in [2.75, 3.05) is 13.6 Å². The number of likely N-dealkylation sites (N-methyl/N-ethyl adjacent to an activating group) is 1. The lowest BCUT2D eigenvalue weighted by molar-refractivity contribution is -0.802. The molecule has 0 aromatic carbocycles. The number of likely N-dealkylation sites (tertiary alicyclic amines) is 1. The first-order valence-electron chi connectivity index (χ1n) is 12.0. The Balaban J connectivity index is 3.27. The first-order valence-corrected chi connectivity index (χ1v) is 12.9. The summed E-state index contributed by atoms with van der Waals surface area (Å²) in [6.45, 7) is 20.6. The molecular weight excluding hydrogens is 450 g/mol. The predicted octanol–water partition coefficient (Wildman–Crippen LogP) is 3.61. The third-order valence-electron chi connectivity index (χ3n) is 6.54. The van der Waals surface area contributed by atoms with E-state index < -0.39 is 27.0 Å². The molecule has 0 saturated carbocycles. The van der Waals surface area contributed by atoms with E-state index in [0.29, 0.717) is 0 Å². The predicted molar refractivity (Wildman–Crippen MR) is 139 cm³/mol. The minimum Gasteiger partial charge on any atom is -0.347 e. The molecule has 8 heteroatoms. The van der Waals surface area contributed by atoms with Gasteiger partial charge >= 0.3 is 11.8 Å². The third-order valence-corrected chi connectivity index (χ3v) is 8.03. The van der Waals surface area contributed by atoms with Gasteiger partial charge < -0.3 is 10.6 Å². The normalized spacial score (nSPS) is 22.7. The number of Topliss-reactive ketones (excluding diaryl/α,β-unsaturated/α-hetero) is 1. The maximum Gasteiger partial charge on any atom is 0.335 e. The van der Waals surface area contributed by atoms with Crippen molar-refractivity contribution in [3.63, 3.8) is 0 Å². The summed E-state index contributed by atoms with van der Waals surface area (Å²) in [4.78, 5) is 52.8. The quantitative estimate of drug-likeness (QED) is 0.258. The minimum absolute atomic E-state index is 0.0156. The second-order valence-electron chi connectivity index (χ2n) is 11.9. The van der Waals surface area contributed by atoms with Gasteiger partial charge in [-0.1, -0.05) is 11.6 Å². The van der Waals surface area contributed by atoms with Crippen LogP contribution in [0.4, 0.5) is 0 Å². The van der Waals surface area contributed by atoms with Gasteiger partial charge in [-0.15, -0.1) is 11.8 Å². The third kappa shape index (κ3) is 6.58. The van der Waals surface area contributed by atoms with Crippen molar-refractivity contribution in [2.24, 2.45) is 5.41 Å². The van der Waals surface area contributed by atoms with Gasteiger partial charge in [0.05, 0.1) is 29.5 Å². The van der Waals surface area contributed by atoms with Crippen LogP contribution in [0.5, 0.6) is 0 Å². The van der Waals surface area contributed by atoms with Crippen LogP contribution in [0.2, 0.25) is 0 Å². The molecule has 194 valence electrons. The Morgan fingerprint density at radius 1 is 1.09 bits per heavy atom. The number of nitrogens with zero attached hydrogens (tertiary/aromatic N) is 1. The number of ketones is 1. The molecule has 1 aliphatic rings. The van der Waals surface area contributed by atoms with Gasteiger partial charge in [-0.05, 0) is 83.2 Å². The van der Waals surface area contributed by atoms with Gasteiger partial charge in [0.1, 0.15) is 17.6 Å². The highest BCUT2D eigenvalue weighted by molar-refractivity contribution is 8.02. The number of amides is 3. The smallest absolute Gasteiger partial charge is 0.335 e. The van der Waals surface area contributed by atoms with Crippen LogP contribution in [0.15, 0.2) is 11.6 Å². The van der Waals surface area contributed by atoms with Crippen LogP contribution in [0.3, 0.4) is 0 Å². The molecule has 1 aliphatic heterocycles. The lowest BCUT2D eigenvalue weighted by Crippen LogP contribution is -2.64. The topological polar surface area (TPSA) is 92.3 Å². The molecule has 1 saturated heterocycles. The SMILES string of the molecule is CNC(C(C)=O)C(C)(C)SC1CC(=O)[N+](CC(C)(C)C(=O)NC(C)(C)C=C(C)C)(C(C)C)C1=O. The number of imide groups is 1. The molecule has 1 heterocycles. The van der Waals surface area contributed by atoms with Gasteiger partial charge in [0.15, 0.2) is 0 Å². The average molecular weight is 497 g/mol. The molecule has 3 atom stereocenters. The highest BCUT2D eigenvalue weighted by Crippen LogP contribution is 2.42. The number of thioether (sulfide) groups is 1. The molecule has 0 bridgehead atoms. The first-order chi connectivity index (χ1) is 15.2. The van der Waals surface area contributed by atoms with Crippen LogP contribution >= 0.6 is 11.8 Å². The lowest BCUT2D eigenvalue weighted by atomic mass is 9.88. The molecule has 0 radical (unpaired) electrons. The van der Waals surface area contributed by atoms with Crippen molar-refractivity contribution in [1.82, 2.24) is 10.6 Å². The van der Waals surface area contributed by atoms with E-state index in [1.54, 1.807) is 20.9 Å². The molecule has 3 unspecified atom stereocenters. The second kappa shape index (κ2) is 10.6. The largest absolute Gasteiger partial charge is 0.347 e. The Hall–Kier alpha value is -1.51. The fourth-order valence-corrected chi connectivity index (χ4v) is 6.83. The fraction of sp³-hybridized carbons (Fsp3) is 0.769. The highest BCUT2D eigenvalue weighted by Gasteiger charge is 2.61. The van der Waals surface area contributed by atoms with Crippen molar-refractivity contribution < 1.29 is 23.7 Å². The Morgan fingerprint density at radius 2 is 1.62 bits per heavy atom. The van der Waals surface area contributed by atoms with Gasteiger partial charge in [-0.25, -0.2) is 9.59 Å². The Morgan fingerprint density at radius 3 is 2.03 bits per heavy atom. The number of carbonyl (C=O) groups is 4. The van der Waals surface area contributed by atoms with E-state index in [2.05, 4.69) is 10.6 Å². The molecule has 0 aromatic heterocycles.